The van der Waals surface area contributed by atoms with Crippen molar-refractivity contribution in [3.63, 3.8) is 0 Å². The molecule has 2 nitrogen and oxygen atoms in total. The molecule has 0 aromatic heterocycles. The maximum absolute atomic E-state index is 15.9. The van der Waals surface area contributed by atoms with Crippen molar-refractivity contribution in [3.8, 4) is 0 Å². The molecule has 0 atom stereocenters. The van der Waals surface area contributed by atoms with Crippen molar-refractivity contribution >= 4 is 33.1 Å². The van der Waals surface area contributed by atoms with Gasteiger partial charge in [0.05, 0.1) is 0 Å². The van der Waals surface area contributed by atoms with Gasteiger partial charge in [-0.2, -0.15) is 0 Å². The molecule has 0 amide bonds. The van der Waals surface area contributed by atoms with E-state index in [9.17, 15) is 0 Å². The molecule has 0 aliphatic heterocycles. The Bertz CT molecular complexity index is 2320. The third-order valence-electron chi connectivity index (χ3n) is 11.8. The van der Waals surface area contributed by atoms with E-state index in [2.05, 4.69) is 146 Å². The summed E-state index contributed by atoms with van der Waals surface area (Å²) in [6.45, 7) is 0. The third kappa shape index (κ3) is 6.77. The van der Waals surface area contributed by atoms with Crippen LogP contribution in [0, 0.1) is 0 Å². The summed E-state index contributed by atoms with van der Waals surface area (Å²) in [7, 11) is 0. The van der Waals surface area contributed by atoms with Crippen LogP contribution in [0.1, 0.15) is 76.4 Å². The molecule has 2 heteroatoms. The number of aryl methyl sites for hydroxylation is 8. The zero-order chi connectivity index (χ0) is 37.8. The van der Waals surface area contributed by atoms with E-state index in [-0.39, 0.29) is 11.6 Å². The topological polar surface area (TPSA) is 34.1 Å². The third-order valence-corrected chi connectivity index (χ3v) is 11.8. The van der Waals surface area contributed by atoms with Crippen molar-refractivity contribution in [1.29, 1.82) is 0 Å². The van der Waals surface area contributed by atoms with Crippen LogP contribution in [-0.2, 0) is 51.4 Å². The van der Waals surface area contributed by atoms with E-state index in [1.54, 1.807) is 0 Å². The Kier molecular flexibility index (Phi) is 9.95. The number of benzene rings is 8. The highest BCUT2D eigenvalue weighted by Gasteiger charge is 2.39. The molecule has 56 heavy (non-hydrogen) atoms. The summed E-state index contributed by atoms with van der Waals surface area (Å²) in [6, 6.07) is 58.9. The smallest absolute Gasteiger partial charge is 0.195 e. The molecule has 8 aromatic rings. The van der Waals surface area contributed by atoms with Gasteiger partial charge in [0.1, 0.15) is 0 Å². The molecule has 1 aliphatic rings. The van der Waals surface area contributed by atoms with Crippen LogP contribution in [0.4, 0.5) is 0 Å². The fourth-order valence-corrected chi connectivity index (χ4v) is 9.11. The highest BCUT2D eigenvalue weighted by molar-refractivity contribution is 6.33. The molecule has 0 unspecified atom stereocenters. The molecule has 0 radical (unpaired) electrons. The van der Waals surface area contributed by atoms with Crippen LogP contribution < -0.4 is 0 Å². The first kappa shape index (κ1) is 35.3. The maximum Gasteiger partial charge on any atom is 0.195 e. The summed E-state index contributed by atoms with van der Waals surface area (Å²) in [5.74, 6) is -0.00157. The van der Waals surface area contributed by atoms with Crippen molar-refractivity contribution in [2.24, 2.45) is 0 Å². The van der Waals surface area contributed by atoms with Crippen LogP contribution in [-0.4, -0.2) is 11.6 Å². The van der Waals surface area contributed by atoms with Crippen LogP contribution >= 0.6 is 0 Å². The van der Waals surface area contributed by atoms with Gasteiger partial charge in [0.2, 0.25) is 0 Å². The minimum absolute atomic E-state index is 0.000785. The molecule has 0 bridgehead atoms. The van der Waals surface area contributed by atoms with E-state index in [4.69, 9.17) is 0 Å². The van der Waals surface area contributed by atoms with E-state index in [1.165, 1.54) is 22.3 Å². The van der Waals surface area contributed by atoms with Gasteiger partial charge in [0.15, 0.2) is 11.6 Å². The monoisotopic (exact) mass is 724 g/mol. The molecule has 9 rings (SSSR count). The molecular weight excluding hydrogens is 681 g/mol. The summed E-state index contributed by atoms with van der Waals surface area (Å²) in [4.78, 5) is 31.8. The van der Waals surface area contributed by atoms with E-state index in [0.717, 1.165) is 69.5 Å². The Morgan fingerprint density at radius 1 is 0.232 bits per heavy atom. The lowest BCUT2D eigenvalue weighted by atomic mass is 9.71. The van der Waals surface area contributed by atoms with Crippen LogP contribution in [0.3, 0.4) is 0 Å². The predicted molar refractivity (Wildman–Crippen MR) is 230 cm³/mol. The van der Waals surface area contributed by atoms with Crippen LogP contribution in [0.15, 0.2) is 170 Å². The molecule has 0 heterocycles. The normalized spacial score (nSPS) is 12.2. The fraction of sp³-hybridized carbons (Fsp3) is 0.148. The molecule has 272 valence electrons. The van der Waals surface area contributed by atoms with Crippen LogP contribution in [0.5, 0.6) is 0 Å². The first-order valence-electron chi connectivity index (χ1n) is 20.0. The lowest BCUT2D eigenvalue weighted by Gasteiger charge is -2.30. The van der Waals surface area contributed by atoms with Gasteiger partial charge in [-0.1, -0.05) is 170 Å². The van der Waals surface area contributed by atoms with Gasteiger partial charge in [0.25, 0.3) is 0 Å². The van der Waals surface area contributed by atoms with Gasteiger partial charge in [-0.15, -0.1) is 0 Å². The first-order chi connectivity index (χ1) is 27.7. The molecule has 1 aliphatic carbocycles. The predicted octanol–water partition coefficient (Wildman–Crippen LogP) is 11.9. The molecule has 8 aromatic carbocycles. The lowest BCUT2D eigenvalue weighted by molar-refractivity contribution is 0.0976. The molecule has 0 fully saturated rings. The summed E-state index contributed by atoms with van der Waals surface area (Å²) in [6.07, 6.45) is 5.74. The molecule has 0 saturated carbocycles. The van der Waals surface area contributed by atoms with Crippen molar-refractivity contribution in [2.75, 3.05) is 0 Å². The summed E-state index contributed by atoms with van der Waals surface area (Å²) < 4.78 is 0. The highest BCUT2D eigenvalue weighted by atomic mass is 16.1. The number of carbonyl (C=O) groups is 2. The summed E-state index contributed by atoms with van der Waals surface area (Å²) >= 11 is 0. The van der Waals surface area contributed by atoms with Gasteiger partial charge < -0.3 is 0 Å². The van der Waals surface area contributed by atoms with E-state index in [1.807, 2.05) is 24.3 Å². The Hall–Kier alpha value is -6.38. The Balaban J connectivity index is 1.30. The quantitative estimate of drug-likeness (QED) is 0.126. The van der Waals surface area contributed by atoms with E-state index < -0.39 is 0 Å². The highest BCUT2D eigenvalue weighted by Crippen LogP contribution is 2.44. The fourth-order valence-electron chi connectivity index (χ4n) is 9.11. The Morgan fingerprint density at radius 2 is 0.429 bits per heavy atom. The molecule has 0 saturated heterocycles. The minimum Gasteiger partial charge on any atom is -0.289 e. The zero-order valence-corrected chi connectivity index (χ0v) is 31.6. The van der Waals surface area contributed by atoms with Crippen LogP contribution in [0.2, 0.25) is 0 Å². The maximum atomic E-state index is 15.9. The van der Waals surface area contributed by atoms with Gasteiger partial charge in [-0.05, 0) is 117 Å². The number of hydrogen-bond acceptors (Lipinski definition) is 2. The van der Waals surface area contributed by atoms with E-state index in [0.29, 0.717) is 47.9 Å². The standard InChI is InChI=1S/C54H44O2/c55-53-49-45(33-29-37-17-5-1-6-18-37)41-25-13-14-26-42(41)46(34-30-38-19-7-2-8-20-38)50(49)54(56)52-48(36-32-40-23-11-4-12-24-40)44-28-16-15-27-43(44)47(51(52)53)35-31-39-21-9-3-10-22-39/h1-28H,29-36H2. The van der Waals surface area contributed by atoms with Crippen molar-refractivity contribution < 1.29 is 9.59 Å². The van der Waals surface area contributed by atoms with Gasteiger partial charge in [0, 0.05) is 22.3 Å². The average Bonchev–Trinajstić information content (AvgIpc) is 3.26. The first-order valence-corrected chi connectivity index (χ1v) is 20.0. The second-order valence-corrected chi connectivity index (χ2v) is 15.1. The largest absolute Gasteiger partial charge is 0.289 e. The Morgan fingerprint density at radius 3 is 0.643 bits per heavy atom. The number of ketones is 2. The average molecular weight is 725 g/mol. The lowest BCUT2D eigenvalue weighted by Crippen LogP contribution is -2.28. The Labute approximate surface area is 329 Å². The molecular formula is C54H44O2. The summed E-state index contributed by atoms with van der Waals surface area (Å²) in [5, 5.41) is 4.30. The van der Waals surface area contributed by atoms with Crippen molar-refractivity contribution in [1.82, 2.24) is 0 Å². The number of rotatable bonds is 12. The zero-order valence-electron chi connectivity index (χ0n) is 31.6. The number of fused-ring (bicyclic) bond motifs is 4. The van der Waals surface area contributed by atoms with Gasteiger partial charge in [-0.25, -0.2) is 0 Å². The molecule has 0 N–H and O–H groups in total. The van der Waals surface area contributed by atoms with E-state index >= 15 is 9.59 Å². The second-order valence-electron chi connectivity index (χ2n) is 15.1. The molecule has 0 spiro atoms. The summed E-state index contributed by atoms with van der Waals surface area (Å²) in [5.41, 5.74) is 11.3. The minimum atomic E-state index is -0.000785. The van der Waals surface area contributed by atoms with Gasteiger partial charge in [-0.3, -0.25) is 9.59 Å². The SMILES string of the molecule is O=C1c2c(c(CCc3ccccc3)c3ccccc3c2CCc2ccccc2)C(=O)c2c1c(CCc1ccccc1)c1ccccc1c2CCc1ccccc1. The van der Waals surface area contributed by atoms with Crippen LogP contribution in [0.25, 0.3) is 21.5 Å². The second kappa shape index (κ2) is 15.8. The number of carbonyl (C=O) groups excluding carboxylic acids is 2. The van der Waals surface area contributed by atoms with Gasteiger partial charge >= 0.3 is 0 Å². The number of hydrogen-bond donors (Lipinski definition) is 0. The van der Waals surface area contributed by atoms with Crippen molar-refractivity contribution in [2.45, 2.75) is 51.4 Å². The van der Waals surface area contributed by atoms with Crippen molar-refractivity contribution in [3.05, 3.63) is 237 Å².